The number of anilines is 1. The maximum absolute atomic E-state index is 15.5. The number of benzene rings is 3. The topological polar surface area (TPSA) is 203 Å². The summed E-state index contributed by atoms with van der Waals surface area (Å²) in [6.07, 6.45) is 3.05. The molecule has 6 aromatic rings. The fourth-order valence-electron chi connectivity index (χ4n) is 6.67. The van der Waals surface area contributed by atoms with Crippen LogP contribution < -0.4 is 11.3 Å². The normalized spacial score (nSPS) is 13.7. The van der Waals surface area contributed by atoms with Crippen LogP contribution in [0.2, 0.25) is 0 Å². The number of fused-ring (bicyclic) bond motifs is 1. The van der Waals surface area contributed by atoms with Crippen molar-refractivity contribution in [2.45, 2.75) is 39.2 Å². The van der Waals surface area contributed by atoms with Gasteiger partial charge in [0.15, 0.2) is 5.82 Å². The largest absolute Gasteiger partial charge is 0.508 e. The number of hydrogen-bond acceptors (Lipinski definition) is 10. The number of nitrogen functional groups attached to an aromatic ring is 1. The molecule has 1 fully saturated rings. The fraction of sp³-hybridized carbons (Fsp3) is 0.270. The number of rotatable bonds is 9. The number of aryl methyl sites for hydroxylation is 2. The molecule has 0 saturated carbocycles. The molecule has 0 spiro atoms. The zero-order valence-electron chi connectivity index (χ0n) is 28.6. The first-order chi connectivity index (χ1) is 25.0. The first kappa shape index (κ1) is 34.2. The summed E-state index contributed by atoms with van der Waals surface area (Å²) in [5.41, 5.74) is 9.76. The molecular formula is C37H38FN9O5. The molecule has 7 N–H and O–H groups in total. The lowest BCUT2D eigenvalue weighted by molar-refractivity contribution is 0.0627. The number of aromatic hydroxyl groups is 3. The SMILES string of the molecule is CC(C)c1cc(-c2nnc(O)n2-c2ccc(CN3CCN(C(=O)c4ccc(CCc5c[nH]c6nc(N)[nH]c(=O)c56)cc4)CC3)c(F)c2)c(O)cc1O. The van der Waals surface area contributed by atoms with Gasteiger partial charge in [0.05, 0.1) is 16.6 Å². The van der Waals surface area contributed by atoms with E-state index in [1.165, 1.54) is 16.7 Å². The molecule has 268 valence electrons. The summed E-state index contributed by atoms with van der Waals surface area (Å²) in [7, 11) is 0. The molecule has 1 saturated heterocycles. The van der Waals surface area contributed by atoms with Crippen LogP contribution in [0, 0.1) is 5.82 Å². The minimum Gasteiger partial charge on any atom is -0.508 e. The first-order valence-corrected chi connectivity index (χ1v) is 16.9. The number of amides is 1. The minimum atomic E-state index is -0.495. The highest BCUT2D eigenvalue weighted by molar-refractivity contribution is 5.94. The lowest BCUT2D eigenvalue weighted by Crippen LogP contribution is -2.48. The van der Waals surface area contributed by atoms with E-state index in [1.807, 2.05) is 38.1 Å². The fourth-order valence-corrected chi connectivity index (χ4v) is 6.67. The van der Waals surface area contributed by atoms with Crippen molar-refractivity contribution < 1.29 is 24.5 Å². The van der Waals surface area contributed by atoms with Crippen LogP contribution in [0.1, 0.15) is 52.4 Å². The van der Waals surface area contributed by atoms with Gasteiger partial charge in [-0.25, -0.2) is 8.96 Å². The predicted octanol–water partition coefficient (Wildman–Crippen LogP) is 4.20. The van der Waals surface area contributed by atoms with Crippen LogP contribution >= 0.6 is 0 Å². The molecule has 15 heteroatoms. The number of phenolic OH excluding ortho intramolecular Hbond substituents is 2. The van der Waals surface area contributed by atoms with E-state index in [4.69, 9.17) is 5.73 Å². The van der Waals surface area contributed by atoms with Gasteiger partial charge < -0.3 is 30.9 Å². The summed E-state index contributed by atoms with van der Waals surface area (Å²) in [4.78, 5) is 39.2. The molecular weight excluding hydrogens is 669 g/mol. The highest BCUT2D eigenvalue weighted by atomic mass is 19.1. The summed E-state index contributed by atoms with van der Waals surface area (Å²) in [5.74, 6) is -0.803. The standard InChI is InChI=1S/C37H38FN9O5/c1-20(2)26-16-27(30(49)17-29(26)48)33-43-44-37(52)47(33)25-10-9-24(28(38)15-25)19-45-11-13-46(14-12-45)35(51)22-6-3-21(4-7-22)5-8-23-18-40-32-31(23)34(50)42-36(39)41-32/h3-4,6-7,9-10,15-18,20,48-49H,5,8,11-14,19H2,1-2H3,(H,44,52)(H4,39,40,41,42,50). The van der Waals surface area contributed by atoms with Crippen molar-refractivity contribution in [1.29, 1.82) is 0 Å². The van der Waals surface area contributed by atoms with Gasteiger partial charge >= 0.3 is 6.01 Å². The Bertz CT molecular complexity index is 2340. The van der Waals surface area contributed by atoms with Gasteiger partial charge in [-0.05, 0) is 65.8 Å². The number of nitrogens with zero attached hydrogens (tertiary/aromatic N) is 6. The van der Waals surface area contributed by atoms with Crippen molar-refractivity contribution in [1.82, 2.24) is 39.5 Å². The number of nitrogens with one attached hydrogen (secondary N) is 2. The third-order valence-electron chi connectivity index (χ3n) is 9.53. The van der Waals surface area contributed by atoms with Gasteiger partial charge in [0.2, 0.25) is 5.95 Å². The third kappa shape index (κ3) is 6.65. The number of H-pyrrole nitrogens is 2. The average molecular weight is 708 g/mol. The van der Waals surface area contributed by atoms with Crippen LogP contribution in [0.5, 0.6) is 17.5 Å². The van der Waals surface area contributed by atoms with E-state index in [-0.39, 0.29) is 51.9 Å². The van der Waals surface area contributed by atoms with Crippen molar-refractivity contribution >= 4 is 22.9 Å². The van der Waals surface area contributed by atoms with Crippen LogP contribution in [0.4, 0.5) is 10.3 Å². The molecule has 4 heterocycles. The number of aromatic nitrogens is 6. The average Bonchev–Trinajstić information content (AvgIpc) is 3.71. The van der Waals surface area contributed by atoms with Gasteiger partial charge in [0.25, 0.3) is 11.5 Å². The maximum atomic E-state index is 15.5. The molecule has 1 aliphatic rings. The smallest absolute Gasteiger partial charge is 0.319 e. The van der Waals surface area contributed by atoms with Crippen molar-refractivity contribution in [2.24, 2.45) is 0 Å². The number of hydrogen-bond donors (Lipinski definition) is 6. The van der Waals surface area contributed by atoms with Crippen LogP contribution in [0.25, 0.3) is 28.1 Å². The van der Waals surface area contributed by atoms with E-state index in [2.05, 4.69) is 30.0 Å². The molecule has 0 atom stereocenters. The van der Waals surface area contributed by atoms with Gasteiger partial charge in [-0.15, -0.1) is 5.10 Å². The van der Waals surface area contributed by atoms with Crippen LogP contribution in [-0.4, -0.2) is 86.9 Å². The first-order valence-electron chi connectivity index (χ1n) is 16.9. The minimum absolute atomic E-state index is 0.0592. The Labute approximate surface area is 297 Å². The number of halogens is 1. The molecule has 0 aliphatic carbocycles. The molecule has 1 amide bonds. The zero-order chi connectivity index (χ0) is 36.7. The summed E-state index contributed by atoms with van der Waals surface area (Å²) < 4.78 is 16.8. The highest BCUT2D eigenvalue weighted by Gasteiger charge is 2.25. The maximum Gasteiger partial charge on any atom is 0.319 e. The second-order valence-corrected chi connectivity index (χ2v) is 13.3. The number of piperazine rings is 1. The number of carbonyl (C=O) groups excluding carboxylic acids is 1. The van der Waals surface area contributed by atoms with E-state index in [0.29, 0.717) is 73.3 Å². The quantitative estimate of drug-likeness (QED) is 0.126. The van der Waals surface area contributed by atoms with Crippen molar-refractivity contribution in [3.8, 4) is 34.6 Å². The van der Waals surface area contributed by atoms with E-state index < -0.39 is 11.8 Å². The Kier molecular flexibility index (Phi) is 9.11. The van der Waals surface area contributed by atoms with Gasteiger partial charge in [0.1, 0.15) is 23.0 Å². The lowest BCUT2D eigenvalue weighted by Gasteiger charge is -2.35. The third-order valence-corrected chi connectivity index (χ3v) is 9.53. The Morgan fingerprint density at radius 1 is 0.942 bits per heavy atom. The molecule has 0 unspecified atom stereocenters. The van der Waals surface area contributed by atoms with Crippen molar-refractivity contribution in [3.63, 3.8) is 0 Å². The zero-order valence-corrected chi connectivity index (χ0v) is 28.6. The molecule has 52 heavy (non-hydrogen) atoms. The van der Waals surface area contributed by atoms with Crippen LogP contribution in [-0.2, 0) is 19.4 Å². The molecule has 0 radical (unpaired) electrons. The molecule has 3 aromatic carbocycles. The van der Waals surface area contributed by atoms with Gasteiger partial charge in [-0.1, -0.05) is 37.1 Å². The molecule has 7 rings (SSSR count). The van der Waals surface area contributed by atoms with E-state index in [9.17, 15) is 24.9 Å². The number of aromatic amines is 2. The molecule has 3 aromatic heterocycles. The van der Waals surface area contributed by atoms with E-state index >= 15 is 4.39 Å². The molecule has 14 nitrogen and oxygen atoms in total. The predicted molar refractivity (Wildman–Crippen MR) is 192 cm³/mol. The van der Waals surface area contributed by atoms with Crippen LogP contribution in [0.3, 0.4) is 0 Å². The second kappa shape index (κ2) is 13.8. The Hall–Kier alpha value is -6.22. The second-order valence-electron chi connectivity index (χ2n) is 13.3. The summed E-state index contributed by atoms with van der Waals surface area (Å²) in [6, 6.07) is 14.3. The molecule has 1 aliphatic heterocycles. The number of phenols is 2. The highest BCUT2D eigenvalue weighted by Crippen LogP contribution is 2.39. The summed E-state index contributed by atoms with van der Waals surface area (Å²) >= 11 is 0. The lowest BCUT2D eigenvalue weighted by atomic mass is 9.98. The van der Waals surface area contributed by atoms with Crippen molar-refractivity contribution in [2.75, 3.05) is 31.9 Å². The van der Waals surface area contributed by atoms with Crippen LogP contribution in [0.15, 0.2) is 65.6 Å². The summed E-state index contributed by atoms with van der Waals surface area (Å²) in [5, 5.41) is 39.7. The summed E-state index contributed by atoms with van der Waals surface area (Å²) in [6.45, 7) is 6.20. The van der Waals surface area contributed by atoms with Crippen molar-refractivity contribution in [3.05, 3.63) is 105 Å². The molecule has 0 bridgehead atoms. The number of carbonyl (C=O) groups is 1. The Morgan fingerprint density at radius 2 is 1.69 bits per heavy atom. The van der Waals surface area contributed by atoms with E-state index in [0.717, 1.165) is 11.1 Å². The Morgan fingerprint density at radius 3 is 2.40 bits per heavy atom. The monoisotopic (exact) mass is 707 g/mol. The Balaban J connectivity index is 0.962. The number of nitrogens with two attached hydrogens (primary N) is 1. The van der Waals surface area contributed by atoms with Gasteiger partial charge in [0, 0.05) is 56.1 Å². The van der Waals surface area contributed by atoms with E-state index in [1.54, 1.807) is 29.3 Å². The van der Waals surface area contributed by atoms with Gasteiger partial charge in [-0.2, -0.15) is 4.98 Å². The van der Waals surface area contributed by atoms with Gasteiger partial charge in [-0.3, -0.25) is 19.5 Å².